The van der Waals surface area contributed by atoms with Crippen LogP contribution in [0.4, 0.5) is 0 Å². The molecule has 0 atom stereocenters. The van der Waals surface area contributed by atoms with Crippen LogP contribution in [0, 0.1) is 0 Å². The van der Waals surface area contributed by atoms with Gasteiger partial charge in [-0.05, 0) is 30.8 Å². The molecule has 0 saturated carbocycles. The lowest BCUT2D eigenvalue weighted by Crippen LogP contribution is -1.96. The summed E-state index contributed by atoms with van der Waals surface area (Å²) in [6.07, 6.45) is 0.809. The summed E-state index contributed by atoms with van der Waals surface area (Å²) in [5, 5.41) is 8.62. The molecule has 0 heterocycles. The van der Waals surface area contributed by atoms with Crippen LogP contribution < -0.4 is 0 Å². The van der Waals surface area contributed by atoms with E-state index in [4.69, 9.17) is 5.11 Å². The van der Waals surface area contributed by atoms with Gasteiger partial charge in [-0.3, -0.25) is 0 Å². The second kappa shape index (κ2) is 4.40. The SMILES string of the molecule is C=NCCc1ccc(C(=O)O)cc1. The zero-order valence-corrected chi connectivity index (χ0v) is 7.23. The maximum absolute atomic E-state index is 10.5. The minimum absolute atomic E-state index is 0.315. The molecule has 0 aliphatic rings. The highest BCUT2D eigenvalue weighted by molar-refractivity contribution is 5.87. The number of carbonyl (C=O) groups is 1. The number of aromatic carboxylic acids is 1. The Balaban J connectivity index is 2.69. The molecule has 1 aromatic rings. The first-order valence-corrected chi connectivity index (χ1v) is 3.99. The Morgan fingerprint density at radius 3 is 2.46 bits per heavy atom. The van der Waals surface area contributed by atoms with E-state index in [9.17, 15) is 4.79 Å². The summed E-state index contributed by atoms with van der Waals surface area (Å²) in [5.74, 6) is -0.895. The van der Waals surface area contributed by atoms with Crippen LogP contribution in [0.2, 0.25) is 0 Å². The molecule has 0 spiro atoms. The quantitative estimate of drug-likeness (QED) is 0.710. The number of hydrogen-bond donors (Lipinski definition) is 1. The lowest BCUT2D eigenvalue weighted by atomic mass is 10.1. The molecule has 3 heteroatoms. The summed E-state index contributed by atoms with van der Waals surface area (Å²) >= 11 is 0. The molecule has 0 aliphatic heterocycles. The molecule has 0 fully saturated rings. The van der Waals surface area contributed by atoms with E-state index in [-0.39, 0.29) is 0 Å². The predicted molar refractivity (Wildman–Crippen MR) is 51.5 cm³/mol. The minimum Gasteiger partial charge on any atom is -0.478 e. The summed E-state index contributed by atoms with van der Waals surface area (Å²) in [5.41, 5.74) is 1.40. The first-order chi connectivity index (χ1) is 6.24. The van der Waals surface area contributed by atoms with Crippen LogP contribution in [0.5, 0.6) is 0 Å². The largest absolute Gasteiger partial charge is 0.478 e. The number of carboxylic acid groups (broad SMARTS) is 1. The fourth-order valence-electron chi connectivity index (χ4n) is 1.02. The second-order valence-corrected chi connectivity index (χ2v) is 2.70. The van der Waals surface area contributed by atoms with Gasteiger partial charge in [0, 0.05) is 6.54 Å². The topological polar surface area (TPSA) is 49.7 Å². The average Bonchev–Trinajstić information content (AvgIpc) is 2.15. The van der Waals surface area contributed by atoms with Gasteiger partial charge >= 0.3 is 5.97 Å². The maximum atomic E-state index is 10.5. The van der Waals surface area contributed by atoms with Gasteiger partial charge < -0.3 is 10.1 Å². The van der Waals surface area contributed by atoms with E-state index in [1.54, 1.807) is 24.3 Å². The van der Waals surface area contributed by atoms with E-state index in [0.717, 1.165) is 12.0 Å². The van der Waals surface area contributed by atoms with Crippen molar-refractivity contribution in [3.63, 3.8) is 0 Å². The first-order valence-electron chi connectivity index (χ1n) is 3.99. The molecule has 68 valence electrons. The van der Waals surface area contributed by atoms with Gasteiger partial charge in [0.2, 0.25) is 0 Å². The van der Waals surface area contributed by atoms with Crippen LogP contribution in [-0.2, 0) is 6.42 Å². The van der Waals surface area contributed by atoms with Gasteiger partial charge in [0.25, 0.3) is 0 Å². The molecule has 1 rings (SSSR count). The molecule has 3 nitrogen and oxygen atoms in total. The second-order valence-electron chi connectivity index (χ2n) is 2.70. The van der Waals surface area contributed by atoms with E-state index >= 15 is 0 Å². The van der Waals surface area contributed by atoms with Gasteiger partial charge in [0.15, 0.2) is 0 Å². The molecule has 0 radical (unpaired) electrons. The van der Waals surface area contributed by atoms with Crippen molar-refractivity contribution in [1.29, 1.82) is 0 Å². The van der Waals surface area contributed by atoms with E-state index in [2.05, 4.69) is 11.7 Å². The number of benzene rings is 1. The Bertz CT molecular complexity index is 303. The van der Waals surface area contributed by atoms with Crippen molar-refractivity contribution in [3.8, 4) is 0 Å². The molecule has 0 aromatic heterocycles. The molecule has 13 heavy (non-hydrogen) atoms. The van der Waals surface area contributed by atoms with Crippen molar-refractivity contribution in [2.45, 2.75) is 6.42 Å². The molecule has 1 N–H and O–H groups in total. The number of nitrogens with zero attached hydrogens (tertiary/aromatic N) is 1. The maximum Gasteiger partial charge on any atom is 0.335 e. The molecule has 0 saturated heterocycles. The predicted octanol–water partition coefficient (Wildman–Crippen LogP) is 1.63. The van der Waals surface area contributed by atoms with Crippen molar-refractivity contribution in [1.82, 2.24) is 0 Å². The number of aliphatic imine (C=N–C) groups is 1. The smallest absolute Gasteiger partial charge is 0.335 e. The lowest BCUT2D eigenvalue weighted by Gasteiger charge is -1.98. The van der Waals surface area contributed by atoms with Crippen molar-refractivity contribution in [3.05, 3.63) is 35.4 Å². The van der Waals surface area contributed by atoms with Gasteiger partial charge in [-0.2, -0.15) is 0 Å². The highest BCUT2D eigenvalue weighted by atomic mass is 16.4. The molecular weight excluding hydrogens is 166 g/mol. The fraction of sp³-hybridized carbons (Fsp3) is 0.200. The summed E-state index contributed by atoms with van der Waals surface area (Å²) in [6, 6.07) is 6.80. The van der Waals surface area contributed by atoms with Gasteiger partial charge in [0.05, 0.1) is 5.56 Å². The summed E-state index contributed by atoms with van der Waals surface area (Å²) in [6.45, 7) is 4.05. The third-order valence-electron chi connectivity index (χ3n) is 1.76. The summed E-state index contributed by atoms with van der Waals surface area (Å²) < 4.78 is 0. The van der Waals surface area contributed by atoms with Crippen LogP contribution in [-0.4, -0.2) is 24.3 Å². The van der Waals surface area contributed by atoms with Crippen molar-refractivity contribution in [2.75, 3.05) is 6.54 Å². The van der Waals surface area contributed by atoms with E-state index < -0.39 is 5.97 Å². The molecule has 0 unspecified atom stereocenters. The van der Waals surface area contributed by atoms with Crippen LogP contribution in [0.15, 0.2) is 29.3 Å². The molecule has 1 aromatic carbocycles. The summed E-state index contributed by atoms with van der Waals surface area (Å²) in [4.78, 5) is 14.2. The highest BCUT2D eigenvalue weighted by Gasteiger charge is 2.00. The van der Waals surface area contributed by atoms with Crippen molar-refractivity contribution < 1.29 is 9.90 Å². The Morgan fingerprint density at radius 1 is 1.38 bits per heavy atom. The van der Waals surface area contributed by atoms with Crippen LogP contribution in [0.3, 0.4) is 0 Å². The standard InChI is InChI=1S/C10H11NO2/c1-11-7-6-8-2-4-9(5-3-8)10(12)13/h2-5H,1,6-7H2,(H,12,13). The lowest BCUT2D eigenvalue weighted by molar-refractivity contribution is 0.0697. The zero-order valence-electron chi connectivity index (χ0n) is 7.23. The van der Waals surface area contributed by atoms with E-state index in [1.807, 2.05) is 0 Å². The Kier molecular flexibility index (Phi) is 3.20. The Hall–Kier alpha value is -1.64. The molecule has 0 bridgehead atoms. The van der Waals surface area contributed by atoms with Crippen LogP contribution in [0.25, 0.3) is 0 Å². The first kappa shape index (κ1) is 9.45. The third-order valence-corrected chi connectivity index (χ3v) is 1.76. The Labute approximate surface area is 76.7 Å². The van der Waals surface area contributed by atoms with Gasteiger partial charge in [-0.1, -0.05) is 12.1 Å². The van der Waals surface area contributed by atoms with Gasteiger partial charge in [-0.15, -0.1) is 0 Å². The number of carboxylic acids is 1. The minimum atomic E-state index is -0.895. The van der Waals surface area contributed by atoms with E-state index in [0.29, 0.717) is 12.1 Å². The van der Waals surface area contributed by atoms with E-state index in [1.165, 1.54) is 0 Å². The van der Waals surface area contributed by atoms with Crippen LogP contribution in [0.1, 0.15) is 15.9 Å². The summed E-state index contributed by atoms with van der Waals surface area (Å²) in [7, 11) is 0. The van der Waals surface area contributed by atoms with Crippen molar-refractivity contribution >= 4 is 12.7 Å². The van der Waals surface area contributed by atoms with Crippen molar-refractivity contribution in [2.24, 2.45) is 4.99 Å². The van der Waals surface area contributed by atoms with Gasteiger partial charge in [-0.25, -0.2) is 4.79 Å². The van der Waals surface area contributed by atoms with Gasteiger partial charge in [0.1, 0.15) is 0 Å². The Morgan fingerprint density at radius 2 is 2.00 bits per heavy atom. The monoisotopic (exact) mass is 177 g/mol. The molecular formula is C10H11NO2. The van der Waals surface area contributed by atoms with Crippen LogP contribution >= 0.6 is 0 Å². The zero-order chi connectivity index (χ0) is 9.68. The third kappa shape index (κ3) is 2.71. The molecule has 0 aliphatic carbocycles. The normalized spacial score (nSPS) is 9.54. The molecule has 0 amide bonds. The highest BCUT2D eigenvalue weighted by Crippen LogP contribution is 2.04. The fourth-order valence-corrected chi connectivity index (χ4v) is 1.02. The number of rotatable bonds is 4. The average molecular weight is 177 g/mol. The number of hydrogen-bond acceptors (Lipinski definition) is 2.